The number of likely N-dealkylation sites (tertiary alicyclic amines) is 1. The summed E-state index contributed by atoms with van der Waals surface area (Å²) < 4.78 is 0. The van der Waals surface area contributed by atoms with Gasteiger partial charge >= 0.3 is 0 Å². The quantitative estimate of drug-likeness (QED) is 0.832. The van der Waals surface area contributed by atoms with Gasteiger partial charge in [-0.2, -0.15) is 0 Å². The molecule has 0 saturated carbocycles. The predicted molar refractivity (Wildman–Crippen MR) is 103 cm³/mol. The molecule has 3 rings (SSSR count). The Bertz CT molecular complexity index is 443. The highest BCUT2D eigenvalue weighted by atomic mass is 15.2. The lowest BCUT2D eigenvalue weighted by Crippen LogP contribution is -2.41. The molecule has 4 heteroatoms. The van der Waals surface area contributed by atoms with Crippen LogP contribution in [0.4, 0.5) is 5.95 Å². The van der Waals surface area contributed by atoms with E-state index in [1.807, 2.05) is 19.3 Å². The molecule has 2 aliphatic heterocycles. The molecule has 2 aliphatic rings. The fraction of sp³-hybridized carbons (Fsp3) is 0.800. The Morgan fingerprint density at radius 2 is 1.50 bits per heavy atom. The highest BCUT2D eigenvalue weighted by molar-refractivity contribution is 5.30. The van der Waals surface area contributed by atoms with Gasteiger partial charge in [-0.15, -0.1) is 0 Å². The highest BCUT2D eigenvalue weighted by Gasteiger charge is 2.24. The van der Waals surface area contributed by atoms with Crippen molar-refractivity contribution in [3.63, 3.8) is 0 Å². The lowest BCUT2D eigenvalue weighted by Gasteiger charge is -2.37. The summed E-state index contributed by atoms with van der Waals surface area (Å²) in [6.07, 6.45) is 10.4. The Balaban J connectivity index is 0.000000647. The maximum Gasteiger partial charge on any atom is 0.225 e. The standard InChI is InChI=1S/C17H28N4.C3H8/c1-14-3-7-20(8-4-14)13-16-5-9-21(10-6-16)17-18-11-15(2)12-19-17;1-3-2/h11-12,14,16H,3-10,13H2,1-2H3;3H2,1-2H3. The second kappa shape index (κ2) is 9.97. The molecular weight excluding hydrogens is 296 g/mol. The largest absolute Gasteiger partial charge is 0.341 e. The zero-order valence-electron chi connectivity index (χ0n) is 16.2. The van der Waals surface area contributed by atoms with E-state index < -0.39 is 0 Å². The molecule has 0 atom stereocenters. The molecule has 24 heavy (non-hydrogen) atoms. The van der Waals surface area contributed by atoms with Crippen LogP contribution >= 0.6 is 0 Å². The van der Waals surface area contributed by atoms with E-state index >= 15 is 0 Å². The van der Waals surface area contributed by atoms with E-state index in [0.717, 1.165) is 36.4 Å². The summed E-state index contributed by atoms with van der Waals surface area (Å²) >= 11 is 0. The van der Waals surface area contributed by atoms with Gasteiger partial charge < -0.3 is 9.80 Å². The molecule has 3 heterocycles. The molecule has 0 bridgehead atoms. The number of hydrogen-bond acceptors (Lipinski definition) is 4. The molecule has 1 aromatic heterocycles. The van der Waals surface area contributed by atoms with E-state index in [1.54, 1.807) is 0 Å². The molecular formula is C20H36N4. The maximum atomic E-state index is 4.46. The van der Waals surface area contributed by atoms with Gasteiger partial charge in [0.2, 0.25) is 5.95 Å². The van der Waals surface area contributed by atoms with Crippen molar-refractivity contribution in [3.05, 3.63) is 18.0 Å². The smallest absolute Gasteiger partial charge is 0.225 e. The average molecular weight is 333 g/mol. The molecule has 4 nitrogen and oxygen atoms in total. The van der Waals surface area contributed by atoms with E-state index in [9.17, 15) is 0 Å². The van der Waals surface area contributed by atoms with Crippen molar-refractivity contribution in [2.75, 3.05) is 37.6 Å². The maximum absolute atomic E-state index is 4.46. The number of hydrogen-bond donors (Lipinski definition) is 0. The van der Waals surface area contributed by atoms with Gasteiger partial charge in [0, 0.05) is 32.0 Å². The molecule has 0 N–H and O–H groups in total. The minimum Gasteiger partial charge on any atom is -0.341 e. The number of rotatable bonds is 3. The summed E-state index contributed by atoms with van der Waals surface area (Å²) in [5, 5.41) is 0. The van der Waals surface area contributed by atoms with Crippen molar-refractivity contribution >= 4 is 5.95 Å². The number of nitrogens with zero attached hydrogens (tertiary/aromatic N) is 4. The van der Waals surface area contributed by atoms with Gasteiger partial charge in [0.1, 0.15) is 0 Å². The summed E-state index contributed by atoms with van der Waals surface area (Å²) in [5.74, 6) is 2.70. The normalized spacial score (nSPS) is 20.6. The van der Waals surface area contributed by atoms with Crippen LogP contribution < -0.4 is 4.90 Å². The van der Waals surface area contributed by atoms with Gasteiger partial charge in [-0.05, 0) is 63.1 Å². The van der Waals surface area contributed by atoms with Crippen molar-refractivity contribution in [3.8, 4) is 0 Å². The zero-order chi connectivity index (χ0) is 17.4. The summed E-state index contributed by atoms with van der Waals surface area (Å²) in [5.41, 5.74) is 1.13. The van der Waals surface area contributed by atoms with E-state index in [4.69, 9.17) is 0 Å². The summed E-state index contributed by atoms with van der Waals surface area (Å²) in [7, 11) is 0. The van der Waals surface area contributed by atoms with Crippen LogP contribution in [0.3, 0.4) is 0 Å². The molecule has 0 unspecified atom stereocenters. The van der Waals surface area contributed by atoms with Crippen LogP contribution in [0.1, 0.15) is 58.4 Å². The topological polar surface area (TPSA) is 32.3 Å². The molecule has 0 amide bonds. The molecule has 0 aliphatic carbocycles. The summed E-state index contributed by atoms with van der Waals surface area (Å²) in [4.78, 5) is 13.9. The van der Waals surface area contributed by atoms with Crippen LogP contribution in [0.2, 0.25) is 0 Å². The fourth-order valence-corrected chi connectivity index (χ4v) is 3.47. The predicted octanol–water partition coefficient (Wildman–Crippen LogP) is 4.15. The van der Waals surface area contributed by atoms with Crippen LogP contribution in [-0.2, 0) is 0 Å². The van der Waals surface area contributed by atoms with Gasteiger partial charge in [-0.3, -0.25) is 0 Å². The van der Waals surface area contributed by atoms with Crippen LogP contribution in [0.15, 0.2) is 12.4 Å². The zero-order valence-corrected chi connectivity index (χ0v) is 16.2. The lowest BCUT2D eigenvalue weighted by atomic mass is 9.93. The second-order valence-corrected chi connectivity index (χ2v) is 7.68. The van der Waals surface area contributed by atoms with E-state index in [1.165, 1.54) is 51.7 Å². The highest BCUT2D eigenvalue weighted by Crippen LogP contribution is 2.23. The SMILES string of the molecule is CCC.Cc1cnc(N2CCC(CN3CCC(C)CC3)CC2)nc1. The van der Waals surface area contributed by atoms with Crippen molar-refractivity contribution < 1.29 is 0 Å². The van der Waals surface area contributed by atoms with Crippen molar-refractivity contribution in [2.24, 2.45) is 11.8 Å². The monoisotopic (exact) mass is 332 g/mol. The molecule has 0 radical (unpaired) electrons. The van der Waals surface area contributed by atoms with Crippen molar-refractivity contribution in [1.82, 2.24) is 14.9 Å². The average Bonchev–Trinajstić information content (AvgIpc) is 2.59. The van der Waals surface area contributed by atoms with E-state index in [2.05, 4.69) is 40.5 Å². The minimum absolute atomic E-state index is 0.861. The van der Waals surface area contributed by atoms with E-state index in [0.29, 0.717) is 0 Å². The summed E-state index contributed by atoms with van der Waals surface area (Å²) in [6, 6.07) is 0. The molecule has 0 aromatic carbocycles. The van der Waals surface area contributed by atoms with Gasteiger partial charge in [0.25, 0.3) is 0 Å². The first kappa shape index (κ1) is 19.2. The second-order valence-electron chi connectivity index (χ2n) is 7.68. The number of piperidine rings is 2. The van der Waals surface area contributed by atoms with Crippen LogP contribution in [-0.4, -0.2) is 47.6 Å². The first-order chi connectivity index (χ1) is 11.6. The minimum atomic E-state index is 0.861. The van der Waals surface area contributed by atoms with Crippen LogP contribution in [0.5, 0.6) is 0 Å². The number of aromatic nitrogens is 2. The third-order valence-corrected chi connectivity index (χ3v) is 5.06. The Labute approximate surface area is 148 Å². The number of anilines is 1. The Kier molecular flexibility index (Phi) is 7.97. The third kappa shape index (κ3) is 6.04. The fourth-order valence-electron chi connectivity index (χ4n) is 3.47. The Hall–Kier alpha value is -1.16. The van der Waals surface area contributed by atoms with Gasteiger partial charge in [0.05, 0.1) is 0 Å². The summed E-state index contributed by atoms with van der Waals surface area (Å²) in [6.45, 7) is 14.8. The van der Waals surface area contributed by atoms with Gasteiger partial charge in [-0.1, -0.05) is 27.2 Å². The van der Waals surface area contributed by atoms with Crippen molar-refractivity contribution in [2.45, 2.75) is 59.8 Å². The van der Waals surface area contributed by atoms with Crippen LogP contribution in [0, 0.1) is 18.8 Å². The Morgan fingerprint density at radius 3 is 2.04 bits per heavy atom. The first-order valence-electron chi connectivity index (χ1n) is 9.88. The molecule has 2 saturated heterocycles. The van der Waals surface area contributed by atoms with Crippen molar-refractivity contribution in [1.29, 1.82) is 0 Å². The van der Waals surface area contributed by atoms with E-state index in [-0.39, 0.29) is 0 Å². The molecule has 2 fully saturated rings. The van der Waals surface area contributed by atoms with Crippen LogP contribution in [0.25, 0.3) is 0 Å². The number of aryl methyl sites for hydroxylation is 1. The molecule has 1 aromatic rings. The third-order valence-electron chi connectivity index (χ3n) is 5.06. The molecule has 0 spiro atoms. The lowest BCUT2D eigenvalue weighted by molar-refractivity contribution is 0.156. The van der Waals surface area contributed by atoms with Gasteiger partial charge in [0.15, 0.2) is 0 Å². The van der Waals surface area contributed by atoms with Gasteiger partial charge in [-0.25, -0.2) is 9.97 Å². The molecule has 136 valence electrons. The first-order valence-corrected chi connectivity index (χ1v) is 9.88. The Morgan fingerprint density at radius 1 is 0.958 bits per heavy atom.